The van der Waals surface area contributed by atoms with E-state index in [0.29, 0.717) is 50.6 Å². The molecule has 0 aliphatic heterocycles. The first-order chi connectivity index (χ1) is 10.2. The molecule has 132 valence electrons. The highest BCUT2D eigenvalue weighted by atomic mass is 16.5. The van der Waals surface area contributed by atoms with Crippen LogP contribution in [0.25, 0.3) is 0 Å². The van der Waals surface area contributed by atoms with E-state index in [-0.39, 0.29) is 12.1 Å². The van der Waals surface area contributed by atoms with Crippen molar-refractivity contribution in [1.29, 1.82) is 0 Å². The zero-order valence-electron chi connectivity index (χ0n) is 15.4. The lowest BCUT2D eigenvalue weighted by molar-refractivity contribution is -0.144. The molecule has 0 aromatic carbocycles. The summed E-state index contributed by atoms with van der Waals surface area (Å²) in [5.41, 5.74) is 0.333. The molecule has 0 fully saturated rings. The van der Waals surface area contributed by atoms with Crippen molar-refractivity contribution < 1.29 is 19.0 Å². The van der Waals surface area contributed by atoms with E-state index in [9.17, 15) is 4.79 Å². The highest BCUT2D eigenvalue weighted by Gasteiger charge is 2.15. The summed E-state index contributed by atoms with van der Waals surface area (Å²) in [5.74, 6) is 0.460. The van der Waals surface area contributed by atoms with E-state index in [0.717, 1.165) is 12.8 Å². The maximum atomic E-state index is 11.6. The molecule has 0 aliphatic carbocycles. The first-order valence-corrected chi connectivity index (χ1v) is 8.55. The van der Waals surface area contributed by atoms with Crippen LogP contribution in [0.4, 0.5) is 0 Å². The zero-order chi connectivity index (χ0) is 17.0. The van der Waals surface area contributed by atoms with Crippen molar-refractivity contribution in [2.45, 2.75) is 73.3 Å². The van der Waals surface area contributed by atoms with Gasteiger partial charge >= 0.3 is 5.97 Å². The van der Waals surface area contributed by atoms with Crippen LogP contribution in [0.15, 0.2) is 0 Å². The van der Waals surface area contributed by atoms with E-state index < -0.39 is 0 Å². The Labute approximate surface area is 136 Å². The van der Waals surface area contributed by atoms with Crippen LogP contribution >= 0.6 is 0 Å². The van der Waals surface area contributed by atoms with Crippen LogP contribution in [0.2, 0.25) is 0 Å². The lowest BCUT2D eigenvalue weighted by atomic mass is 9.84. The summed E-state index contributed by atoms with van der Waals surface area (Å²) in [5, 5.41) is 0. The van der Waals surface area contributed by atoms with Gasteiger partial charge in [0, 0.05) is 13.0 Å². The normalized spacial score (nSPS) is 13.4. The molecule has 4 nitrogen and oxygen atoms in total. The van der Waals surface area contributed by atoms with Crippen molar-refractivity contribution in [1.82, 2.24) is 0 Å². The molecule has 0 saturated heterocycles. The molecule has 4 heteroatoms. The van der Waals surface area contributed by atoms with Crippen molar-refractivity contribution in [3.05, 3.63) is 0 Å². The second-order valence-corrected chi connectivity index (χ2v) is 7.51. The summed E-state index contributed by atoms with van der Waals surface area (Å²) in [6.45, 7) is 15.2. The fraction of sp³-hybridized carbons (Fsp3) is 0.944. The fourth-order valence-corrected chi connectivity index (χ4v) is 2.36. The lowest BCUT2D eigenvalue weighted by Gasteiger charge is -2.22. The van der Waals surface area contributed by atoms with Gasteiger partial charge in [-0.15, -0.1) is 0 Å². The third-order valence-corrected chi connectivity index (χ3v) is 3.18. The molecule has 0 spiro atoms. The second-order valence-electron chi connectivity index (χ2n) is 7.51. The zero-order valence-corrected chi connectivity index (χ0v) is 15.4. The number of hydrogen-bond acceptors (Lipinski definition) is 4. The monoisotopic (exact) mass is 316 g/mol. The van der Waals surface area contributed by atoms with Gasteiger partial charge in [-0.05, 0) is 44.4 Å². The number of carbonyl (C=O) groups is 1. The number of esters is 1. The SMILES string of the molecule is CC(CCOC(=O)CCCOCCOC(C)C)CC(C)(C)C. The van der Waals surface area contributed by atoms with Gasteiger partial charge in [-0.1, -0.05) is 27.7 Å². The molecule has 0 rings (SSSR count). The Morgan fingerprint density at radius 2 is 1.68 bits per heavy atom. The van der Waals surface area contributed by atoms with Crippen molar-refractivity contribution in [3.8, 4) is 0 Å². The Balaban J connectivity index is 3.43. The Bertz CT molecular complexity index is 281. The predicted octanol–water partition coefficient (Wildman–Crippen LogP) is 4.21. The van der Waals surface area contributed by atoms with Crippen molar-refractivity contribution in [3.63, 3.8) is 0 Å². The van der Waals surface area contributed by atoms with E-state index in [1.807, 2.05) is 13.8 Å². The molecule has 0 saturated carbocycles. The Morgan fingerprint density at radius 1 is 1.00 bits per heavy atom. The maximum Gasteiger partial charge on any atom is 0.305 e. The first kappa shape index (κ1) is 21.4. The molecule has 0 aromatic rings. The predicted molar refractivity (Wildman–Crippen MR) is 90.0 cm³/mol. The van der Waals surface area contributed by atoms with Gasteiger partial charge < -0.3 is 14.2 Å². The van der Waals surface area contributed by atoms with E-state index in [4.69, 9.17) is 14.2 Å². The number of rotatable bonds is 12. The summed E-state index contributed by atoms with van der Waals surface area (Å²) in [6, 6.07) is 0. The third-order valence-electron chi connectivity index (χ3n) is 3.18. The maximum absolute atomic E-state index is 11.6. The van der Waals surface area contributed by atoms with Crippen LogP contribution in [0.3, 0.4) is 0 Å². The molecular formula is C18H36O4. The van der Waals surface area contributed by atoms with E-state index in [2.05, 4.69) is 27.7 Å². The highest BCUT2D eigenvalue weighted by Crippen LogP contribution is 2.25. The summed E-state index contributed by atoms with van der Waals surface area (Å²) in [7, 11) is 0. The second kappa shape index (κ2) is 11.9. The number of ether oxygens (including phenoxy) is 3. The van der Waals surface area contributed by atoms with Gasteiger partial charge in [-0.2, -0.15) is 0 Å². The van der Waals surface area contributed by atoms with Crippen LogP contribution in [0, 0.1) is 11.3 Å². The summed E-state index contributed by atoms with van der Waals surface area (Å²) >= 11 is 0. The molecular weight excluding hydrogens is 280 g/mol. The van der Waals surface area contributed by atoms with Crippen molar-refractivity contribution >= 4 is 5.97 Å². The molecule has 0 amide bonds. The van der Waals surface area contributed by atoms with Gasteiger partial charge in [0.05, 0.1) is 25.9 Å². The third kappa shape index (κ3) is 15.8. The summed E-state index contributed by atoms with van der Waals surface area (Å²) in [4.78, 5) is 11.6. The van der Waals surface area contributed by atoms with Gasteiger partial charge in [0.25, 0.3) is 0 Å². The van der Waals surface area contributed by atoms with Crippen molar-refractivity contribution in [2.24, 2.45) is 11.3 Å². The molecule has 0 aromatic heterocycles. The minimum atomic E-state index is -0.120. The topological polar surface area (TPSA) is 44.8 Å². The average Bonchev–Trinajstić information content (AvgIpc) is 2.35. The average molecular weight is 316 g/mol. The van der Waals surface area contributed by atoms with Crippen LogP contribution in [0.1, 0.15) is 67.2 Å². The van der Waals surface area contributed by atoms with Crippen LogP contribution in [-0.4, -0.2) is 38.5 Å². The van der Waals surface area contributed by atoms with E-state index >= 15 is 0 Å². The van der Waals surface area contributed by atoms with Gasteiger partial charge in [0.2, 0.25) is 0 Å². The van der Waals surface area contributed by atoms with Gasteiger partial charge in [0.15, 0.2) is 0 Å². The molecule has 0 heterocycles. The molecule has 22 heavy (non-hydrogen) atoms. The van der Waals surface area contributed by atoms with E-state index in [1.54, 1.807) is 0 Å². The van der Waals surface area contributed by atoms with Gasteiger partial charge in [-0.3, -0.25) is 4.79 Å². The Hall–Kier alpha value is -0.610. The van der Waals surface area contributed by atoms with Crippen LogP contribution < -0.4 is 0 Å². The fourth-order valence-electron chi connectivity index (χ4n) is 2.36. The first-order valence-electron chi connectivity index (χ1n) is 8.55. The van der Waals surface area contributed by atoms with Crippen LogP contribution in [-0.2, 0) is 19.0 Å². The van der Waals surface area contributed by atoms with Crippen molar-refractivity contribution in [2.75, 3.05) is 26.4 Å². The molecule has 1 atom stereocenters. The summed E-state index contributed by atoms with van der Waals surface area (Å²) in [6.07, 6.45) is 3.46. The van der Waals surface area contributed by atoms with Gasteiger partial charge in [0.1, 0.15) is 0 Å². The van der Waals surface area contributed by atoms with Crippen LogP contribution in [0.5, 0.6) is 0 Å². The lowest BCUT2D eigenvalue weighted by Crippen LogP contribution is -2.14. The quantitative estimate of drug-likeness (QED) is 0.399. The molecule has 0 N–H and O–H groups in total. The molecule has 0 bridgehead atoms. The number of carbonyl (C=O) groups excluding carboxylic acids is 1. The summed E-state index contributed by atoms with van der Waals surface area (Å²) < 4.78 is 16.0. The highest BCUT2D eigenvalue weighted by molar-refractivity contribution is 5.69. The Morgan fingerprint density at radius 3 is 2.27 bits per heavy atom. The minimum absolute atomic E-state index is 0.120. The standard InChI is InChI=1S/C18H36O4/c1-15(2)21-13-12-20-10-7-8-17(19)22-11-9-16(3)14-18(4,5)6/h15-16H,7-14H2,1-6H3. The smallest absolute Gasteiger partial charge is 0.305 e. The molecule has 0 radical (unpaired) electrons. The molecule has 0 aliphatic rings. The minimum Gasteiger partial charge on any atom is -0.466 e. The molecule has 1 unspecified atom stereocenters. The number of hydrogen-bond donors (Lipinski definition) is 0. The largest absolute Gasteiger partial charge is 0.466 e. The Kier molecular flexibility index (Phi) is 11.6. The van der Waals surface area contributed by atoms with E-state index in [1.165, 1.54) is 0 Å². The van der Waals surface area contributed by atoms with Gasteiger partial charge in [-0.25, -0.2) is 0 Å².